The number of carbonyl (C=O) groups excluding carboxylic acids is 6. The standard InChI is InChI=1S/C39H52O14/c1-15(2)11-24(43)53-33-29-21(51-29)14-39(47)32(44)30(49-18(5)41)25-20(36(33,39)8)13-22(48-17(4)40)35(7)26-16(3)12-23-37(9,38(10,46)34(45)52-23)28(26)31(27(25)35)50-19(6)42/h12,15-16,20-22,25-31,33,46-47H,11,13-14H2,1-10H3. The summed E-state index contributed by atoms with van der Waals surface area (Å²) in [7, 11) is 0. The average Bonchev–Trinajstić information content (AvgIpc) is 3.69. The van der Waals surface area contributed by atoms with E-state index in [0.717, 1.165) is 6.92 Å². The van der Waals surface area contributed by atoms with E-state index in [1.165, 1.54) is 20.8 Å². The zero-order valence-corrected chi connectivity index (χ0v) is 32.0. The van der Waals surface area contributed by atoms with Gasteiger partial charge >= 0.3 is 29.8 Å². The number of hydrogen-bond acceptors (Lipinski definition) is 14. The molecule has 17 unspecified atom stereocenters. The van der Waals surface area contributed by atoms with Crippen molar-refractivity contribution in [2.75, 3.05) is 0 Å². The molecule has 7 rings (SSSR count). The van der Waals surface area contributed by atoms with Crippen LogP contribution in [0.1, 0.15) is 88.5 Å². The first kappa shape index (κ1) is 37.9. The Balaban J connectivity index is 1.49. The summed E-state index contributed by atoms with van der Waals surface area (Å²) in [5, 5.41) is 24.8. The van der Waals surface area contributed by atoms with Crippen molar-refractivity contribution < 1.29 is 67.4 Å². The van der Waals surface area contributed by atoms with E-state index in [-0.39, 0.29) is 30.9 Å². The second kappa shape index (κ2) is 11.8. The number of rotatable bonds is 6. The van der Waals surface area contributed by atoms with E-state index in [4.69, 9.17) is 28.4 Å². The quantitative estimate of drug-likeness (QED) is 0.228. The van der Waals surface area contributed by atoms with Crippen molar-refractivity contribution >= 4 is 35.6 Å². The second-order valence-electron chi connectivity index (χ2n) is 18.0. The van der Waals surface area contributed by atoms with Crippen LogP contribution >= 0.6 is 0 Å². The van der Waals surface area contributed by atoms with Gasteiger partial charge in [0.2, 0.25) is 5.78 Å². The van der Waals surface area contributed by atoms with Gasteiger partial charge in [-0.2, -0.15) is 0 Å². The maximum atomic E-state index is 15.1. The van der Waals surface area contributed by atoms with Crippen LogP contribution in [0.2, 0.25) is 0 Å². The van der Waals surface area contributed by atoms with Crippen molar-refractivity contribution in [1.29, 1.82) is 0 Å². The van der Waals surface area contributed by atoms with Crippen LogP contribution in [0.3, 0.4) is 0 Å². The van der Waals surface area contributed by atoms with Crippen LogP contribution < -0.4 is 0 Å². The Morgan fingerprint density at radius 3 is 2.11 bits per heavy atom. The van der Waals surface area contributed by atoms with Crippen LogP contribution in [0, 0.1) is 57.7 Å². The molecule has 2 saturated heterocycles. The van der Waals surface area contributed by atoms with Gasteiger partial charge in [-0.05, 0) is 50.0 Å². The summed E-state index contributed by atoms with van der Waals surface area (Å²) in [6, 6.07) is 0. The highest BCUT2D eigenvalue weighted by Crippen LogP contribution is 2.76. The lowest BCUT2D eigenvalue weighted by atomic mass is 9.40. The van der Waals surface area contributed by atoms with Crippen LogP contribution in [0.25, 0.3) is 0 Å². The van der Waals surface area contributed by atoms with Crippen molar-refractivity contribution in [3.05, 3.63) is 11.8 Å². The maximum Gasteiger partial charge on any atom is 0.343 e. The van der Waals surface area contributed by atoms with Crippen LogP contribution in [-0.2, 0) is 57.2 Å². The van der Waals surface area contributed by atoms with Gasteiger partial charge in [0.05, 0.1) is 11.5 Å². The minimum Gasteiger partial charge on any atom is -0.462 e. The molecule has 17 atom stereocenters. The van der Waals surface area contributed by atoms with Gasteiger partial charge in [-0.25, -0.2) is 4.79 Å². The first-order valence-electron chi connectivity index (χ1n) is 18.8. The fourth-order valence-electron chi connectivity index (χ4n) is 12.5. The van der Waals surface area contributed by atoms with Crippen LogP contribution in [0.15, 0.2) is 11.8 Å². The number of carbonyl (C=O) groups is 6. The number of aliphatic hydroxyl groups is 2. The number of ketones is 1. The topological polar surface area (TPSA) is 202 Å². The van der Waals surface area contributed by atoms with Gasteiger partial charge in [-0.1, -0.05) is 34.6 Å². The Morgan fingerprint density at radius 1 is 0.906 bits per heavy atom. The summed E-state index contributed by atoms with van der Waals surface area (Å²) in [6.07, 6.45) is -4.25. The van der Waals surface area contributed by atoms with Crippen LogP contribution in [0.4, 0.5) is 0 Å². The van der Waals surface area contributed by atoms with E-state index in [2.05, 4.69) is 0 Å². The predicted octanol–water partition coefficient (Wildman–Crippen LogP) is 2.58. The number of esters is 5. The first-order valence-corrected chi connectivity index (χ1v) is 18.8. The van der Waals surface area contributed by atoms with Gasteiger partial charge < -0.3 is 38.6 Å². The largest absolute Gasteiger partial charge is 0.462 e. The lowest BCUT2D eigenvalue weighted by Crippen LogP contribution is -2.77. The Morgan fingerprint density at radius 2 is 1.53 bits per heavy atom. The number of hydrogen-bond donors (Lipinski definition) is 2. The molecule has 5 aliphatic carbocycles. The average molecular weight is 745 g/mol. The highest BCUT2D eigenvalue weighted by atomic mass is 16.6. The van der Waals surface area contributed by atoms with Gasteiger partial charge in [0.25, 0.3) is 0 Å². The normalized spacial score (nSPS) is 50.2. The molecule has 0 spiro atoms. The summed E-state index contributed by atoms with van der Waals surface area (Å²) in [5.41, 5.74) is -8.46. The number of fused-ring (bicyclic) bond motifs is 10. The van der Waals surface area contributed by atoms with Gasteiger partial charge in [0.15, 0.2) is 11.7 Å². The fourth-order valence-corrected chi connectivity index (χ4v) is 12.5. The predicted molar refractivity (Wildman–Crippen MR) is 180 cm³/mol. The van der Waals surface area contributed by atoms with E-state index in [0.29, 0.717) is 0 Å². The molecular weight excluding hydrogens is 692 g/mol. The highest BCUT2D eigenvalue weighted by Gasteiger charge is 2.84. The number of ether oxygens (including phenoxy) is 6. The fraction of sp³-hybridized carbons (Fsp3) is 0.795. The SMILES string of the molecule is CC(=O)OC1C(=O)C2(O)CC3OC3C(OC(=O)CC(C)C)C2(C)C2CC(OC(C)=O)C3(C)C(C(OC(C)=O)C4C3C(C)C=C3OC(=O)C(C)(O)C34C)C12. The molecule has 6 fully saturated rings. The summed E-state index contributed by atoms with van der Waals surface area (Å²) >= 11 is 0. The molecule has 292 valence electrons. The van der Waals surface area contributed by atoms with Crippen molar-refractivity contribution in [3.8, 4) is 0 Å². The van der Waals surface area contributed by atoms with Crippen molar-refractivity contribution in [2.24, 2.45) is 57.7 Å². The summed E-state index contributed by atoms with van der Waals surface area (Å²) in [6.45, 7) is 16.0. The molecule has 4 saturated carbocycles. The molecule has 7 aliphatic rings. The minimum absolute atomic E-state index is 0.0402. The van der Waals surface area contributed by atoms with Crippen molar-refractivity contribution in [1.82, 2.24) is 0 Å². The highest BCUT2D eigenvalue weighted by molar-refractivity contribution is 5.95. The lowest BCUT2D eigenvalue weighted by Gasteiger charge is -2.65. The maximum absolute atomic E-state index is 15.1. The van der Waals surface area contributed by atoms with Crippen molar-refractivity contribution in [2.45, 2.75) is 136 Å². The third-order valence-corrected chi connectivity index (χ3v) is 14.8. The third kappa shape index (κ3) is 4.85. The molecule has 0 amide bonds. The van der Waals surface area contributed by atoms with Crippen LogP contribution in [-0.4, -0.2) is 93.7 Å². The van der Waals surface area contributed by atoms with Gasteiger partial charge in [-0.3, -0.25) is 24.0 Å². The summed E-state index contributed by atoms with van der Waals surface area (Å²) in [4.78, 5) is 81.0. The number of epoxide rings is 1. The van der Waals surface area contributed by atoms with E-state index in [1.54, 1.807) is 19.9 Å². The lowest BCUT2D eigenvalue weighted by molar-refractivity contribution is -0.269. The molecule has 0 bridgehead atoms. The zero-order chi connectivity index (χ0) is 39.1. The molecule has 2 N–H and O–H groups in total. The molecule has 53 heavy (non-hydrogen) atoms. The van der Waals surface area contributed by atoms with E-state index in [1.807, 2.05) is 27.7 Å². The molecule has 2 heterocycles. The zero-order valence-electron chi connectivity index (χ0n) is 32.0. The molecule has 0 aromatic heterocycles. The molecule has 14 nitrogen and oxygen atoms in total. The molecule has 0 aromatic carbocycles. The third-order valence-electron chi connectivity index (χ3n) is 14.8. The number of Topliss-reactive ketones (excluding diaryl/α,β-unsaturated/α-hetero) is 1. The molecular formula is C39H52O14. The molecule has 0 aromatic rings. The number of allylic oxidation sites excluding steroid dienone is 1. The summed E-state index contributed by atoms with van der Waals surface area (Å²) < 4.78 is 36.4. The van der Waals surface area contributed by atoms with Gasteiger partial charge in [0.1, 0.15) is 35.8 Å². The van der Waals surface area contributed by atoms with Gasteiger partial charge in [-0.15, -0.1) is 0 Å². The molecule has 0 radical (unpaired) electrons. The monoisotopic (exact) mass is 744 g/mol. The first-order chi connectivity index (χ1) is 24.5. The van der Waals surface area contributed by atoms with E-state index in [9.17, 15) is 34.2 Å². The Labute approximate surface area is 308 Å². The summed E-state index contributed by atoms with van der Waals surface area (Å²) in [5.74, 6) is -8.64. The minimum atomic E-state index is -2.21. The molecule has 14 heteroatoms. The van der Waals surface area contributed by atoms with E-state index < -0.39 is 135 Å². The smallest absolute Gasteiger partial charge is 0.343 e. The molecule has 2 aliphatic heterocycles. The van der Waals surface area contributed by atoms with Crippen molar-refractivity contribution in [3.63, 3.8) is 0 Å². The van der Waals surface area contributed by atoms with Crippen LogP contribution in [0.5, 0.6) is 0 Å². The van der Waals surface area contributed by atoms with E-state index >= 15 is 4.79 Å². The Bertz CT molecular complexity index is 1700. The van der Waals surface area contributed by atoms with Gasteiger partial charge in [0, 0.05) is 62.2 Å². The Hall–Kier alpha value is -3.36. The Kier molecular flexibility index (Phi) is 8.46. The second-order valence-corrected chi connectivity index (χ2v) is 18.0.